The molecular formula is C21H19ClO5. The second-order valence-electron chi connectivity index (χ2n) is 5.35. The second kappa shape index (κ2) is 10.8. The minimum absolute atomic E-state index is 0.279. The Morgan fingerprint density at radius 2 is 1.59 bits per heavy atom. The van der Waals surface area contributed by atoms with E-state index in [0.717, 1.165) is 11.6 Å². The van der Waals surface area contributed by atoms with Crippen LogP contribution in [0.4, 0.5) is 0 Å². The number of rotatable bonds is 9. The summed E-state index contributed by atoms with van der Waals surface area (Å²) in [6, 6.07) is 13.8. The minimum atomic E-state index is -0.480. The number of hydrogen-bond acceptors (Lipinski definition) is 5. The molecule has 0 heterocycles. The van der Waals surface area contributed by atoms with E-state index in [9.17, 15) is 9.59 Å². The van der Waals surface area contributed by atoms with Crippen molar-refractivity contribution in [2.45, 2.75) is 6.42 Å². The highest BCUT2D eigenvalue weighted by atomic mass is 35.5. The molecule has 6 heteroatoms. The molecule has 0 atom stereocenters. The molecule has 0 radical (unpaired) electrons. The van der Waals surface area contributed by atoms with Crippen LogP contribution < -0.4 is 9.47 Å². The van der Waals surface area contributed by atoms with Crippen LogP contribution in [0.2, 0.25) is 5.02 Å². The first-order valence-corrected chi connectivity index (χ1v) is 8.62. The Morgan fingerprint density at radius 1 is 0.926 bits per heavy atom. The van der Waals surface area contributed by atoms with Crippen molar-refractivity contribution in [1.29, 1.82) is 0 Å². The van der Waals surface area contributed by atoms with Gasteiger partial charge in [-0.05, 0) is 48.0 Å². The van der Waals surface area contributed by atoms with Crippen LogP contribution in [0.25, 0.3) is 6.08 Å². The van der Waals surface area contributed by atoms with Crippen molar-refractivity contribution in [2.24, 2.45) is 0 Å². The average molecular weight is 387 g/mol. The first kappa shape index (κ1) is 20.3. The van der Waals surface area contributed by atoms with Gasteiger partial charge in [0.1, 0.15) is 11.5 Å². The fourth-order valence-electron chi connectivity index (χ4n) is 1.97. The summed E-state index contributed by atoms with van der Waals surface area (Å²) in [6.45, 7) is 4.02. The zero-order chi connectivity index (χ0) is 19.5. The van der Waals surface area contributed by atoms with E-state index >= 15 is 0 Å². The van der Waals surface area contributed by atoms with Crippen LogP contribution in [0.5, 0.6) is 11.5 Å². The normalized spacial score (nSPS) is 10.4. The molecule has 0 bridgehead atoms. The Balaban J connectivity index is 1.74. The predicted octanol–water partition coefficient (Wildman–Crippen LogP) is 4.46. The zero-order valence-electron chi connectivity index (χ0n) is 14.6. The highest BCUT2D eigenvalue weighted by molar-refractivity contribution is 6.30. The van der Waals surface area contributed by atoms with Gasteiger partial charge in [0.15, 0.2) is 0 Å². The van der Waals surface area contributed by atoms with Gasteiger partial charge in [-0.15, -0.1) is 0 Å². The molecule has 0 amide bonds. The minimum Gasteiger partial charge on any atom is -0.493 e. The third-order valence-electron chi connectivity index (χ3n) is 3.29. The molecule has 2 aromatic carbocycles. The summed E-state index contributed by atoms with van der Waals surface area (Å²) in [6.07, 6.45) is 4.70. The van der Waals surface area contributed by atoms with Crippen molar-refractivity contribution >= 4 is 29.6 Å². The average Bonchev–Trinajstić information content (AvgIpc) is 2.68. The zero-order valence-corrected chi connectivity index (χ0v) is 15.4. The lowest BCUT2D eigenvalue weighted by Crippen LogP contribution is -2.06. The molecule has 140 valence electrons. The Labute approximate surface area is 162 Å². The van der Waals surface area contributed by atoms with Crippen LogP contribution in [-0.2, 0) is 14.3 Å². The number of ether oxygens (including phenoxy) is 3. The van der Waals surface area contributed by atoms with Crippen LogP contribution in [0, 0.1) is 0 Å². The van der Waals surface area contributed by atoms with Crippen molar-refractivity contribution in [2.75, 3.05) is 13.2 Å². The lowest BCUT2D eigenvalue weighted by Gasteiger charge is -2.06. The maximum Gasteiger partial charge on any atom is 0.336 e. The number of carbonyl (C=O) groups excluding carboxylic acids is 2. The van der Waals surface area contributed by atoms with Crippen molar-refractivity contribution < 1.29 is 23.8 Å². The van der Waals surface area contributed by atoms with Crippen LogP contribution in [0.15, 0.2) is 67.3 Å². The Hall–Kier alpha value is -3.05. The third kappa shape index (κ3) is 7.79. The Morgan fingerprint density at radius 3 is 2.26 bits per heavy atom. The molecule has 5 nitrogen and oxygen atoms in total. The summed E-state index contributed by atoms with van der Waals surface area (Å²) < 4.78 is 15.6. The molecular weight excluding hydrogens is 368 g/mol. The highest BCUT2D eigenvalue weighted by Gasteiger charge is 2.01. The number of esters is 2. The first-order chi connectivity index (χ1) is 13.1. The second-order valence-corrected chi connectivity index (χ2v) is 5.79. The van der Waals surface area contributed by atoms with E-state index in [0.29, 0.717) is 29.5 Å². The number of halogens is 1. The van der Waals surface area contributed by atoms with Gasteiger partial charge in [-0.3, -0.25) is 0 Å². The fraction of sp³-hybridized carbons (Fsp3) is 0.143. The van der Waals surface area contributed by atoms with Crippen LogP contribution >= 0.6 is 11.6 Å². The summed E-state index contributed by atoms with van der Waals surface area (Å²) in [7, 11) is 0. The van der Waals surface area contributed by atoms with Gasteiger partial charge >= 0.3 is 11.9 Å². The summed E-state index contributed by atoms with van der Waals surface area (Å²) in [5, 5.41) is 0.574. The molecule has 0 saturated heterocycles. The lowest BCUT2D eigenvalue weighted by atomic mass is 10.2. The van der Waals surface area contributed by atoms with Crippen molar-refractivity contribution in [1.82, 2.24) is 0 Å². The molecule has 27 heavy (non-hydrogen) atoms. The molecule has 0 unspecified atom stereocenters. The molecule has 2 aromatic rings. The maximum atomic E-state index is 11.8. The molecule has 0 saturated carbocycles. The smallest absolute Gasteiger partial charge is 0.336 e. The molecule has 0 aliphatic carbocycles. The highest BCUT2D eigenvalue weighted by Crippen LogP contribution is 2.16. The summed E-state index contributed by atoms with van der Waals surface area (Å²) in [4.78, 5) is 22.7. The number of hydrogen-bond donors (Lipinski definition) is 0. The molecule has 0 aliphatic rings. The van der Waals surface area contributed by atoms with E-state index in [-0.39, 0.29) is 6.61 Å². The SMILES string of the molecule is C=CC(=O)OCCCOc1ccc(C=CC(=O)Oc2ccc(Cl)cc2)cc1. The van der Waals surface area contributed by atoms with Gasteiger partial charge in [0.25, 0.3) is 0 Å². The van der Waals surface area contributed by atoms with Gasteiger partial charge in [0.2, 0.25) is 0 Å². The standard InChI is InChI=1S/C21H19ClO5/c1-2-20(23)26-15-3-14-25-18-9-4-16(5-10-18)6-13-21(24)27-19-11-7-17(22)8-12-19/h2,4-13H,1,3,14-15H2. The van der Waals surface area contributed by atoms with Gasteiger partial charge < -0.3 is 14.2 Å². The van der Waals surface area contributed by atoms with Gasteiger partial charge in [0.05, 0.1) is 13.2 Å². The molecule has 2 rings (SSSR count). The number of carbonyl (C=O) groups is 2. The lowest BCUT2D eigenvalue weighted by molar-refractivity contribution is -0.138. The van der Waals surface area contributed by atoms with Crippen molar-refractivity contribution in [3.8, 4) is 11.5 Å². The molecule has 0 spiro atoms. The largest absolute Gasteiger partial charge is 0.493 e. The van der Waals surface area contributed by atoms with Gasteiger partial charge in [-0.1, -0.05) is 30.3 Å². The van der Waals surface area contributed by atoms with E-state index in [4.69, 9.17) is 25.8 Å². The maximum absolute atomic E-state index is 11.8. The van der Waals surface area contributed by atoms with Crippen LogP contribution in [0.1, 0.15) is 12.0 Å². The topological polar surface area (TPSA) is 61.8 Å². The van der Waals surface area contributed by atoms with Crippen LogP contribution in [-0.4, -0.2) is 25.2 Å². The molecule has 0 N–H and O–H groups in total. The molecule has 0 fully saturated rings. The van der Waals surface area contributed by atoms with Gasteiger partial charge in [-0.2, -0.15) is 0 Å². The number of benzene rings is 2. The first-order valence-electron chi connectivity index (χ1n) is 8.24. The van der Waals surface area contributed by atoms with E-state index < -0.39 is 11.9 Å². The van der Waals surface area contributed by atoms with Gasteiger partial charge in [-0.25, -0.2) is 9.59 Å². The summed E-state index contributed by atoms with van der Waals surface area (Å²) >= 11 is 5.78. The van der Waals surface area contributed by atoms with E-state index in [1.54, 1.807) is 42.5 Å². The summed E-state index contributed by atoms with van der Waals surface area (Å²) in [5.74, 6) is 0.190. The monoisotopic (exact) mass is 386 g/mol. The van der Waals surface area contributed by atoms with Crippen molar-refractivity contribution in [3.05, 3.63) is 77.8 Å². The summed E-state index contributed by atoms with van der Waals surface area (Å²) in [5.41, 5.74) is 0.829. The third-order valence-corrected chi connectivity index (χ3v) is 3.54. The van der Waals surface area contributed by atoms with E-state index in [2.05, 4.69) is 6.58 Å². The Bertz CT molecular complexity index is 794. The molecule has 0 aliphatic heterocycles. The predicted molar refractivity (Wildman–Crippen MR) is 104 cm³/mol. The van der Waals surface area contributed by atoms with E-state index in [1.807, 2.05) is 12.1 Å². The van der Waals surface area contributed by atoms with Crippen LogP contribution in [0.3, 0.4) is 0 Å². The van der Waals surface area contributed by atoms with E-state index in [1.165, 1.54) is 6.08 Å². The van der Waals surface area contributed by atoms with Gasteiger partial charge in [0, 0.05) is 23.6 Å². The van der Waals surface area contributed by atoms with Crippen molar-refractivity contribution in [3.63, 3.8) is 0 Å². The molecule has 0 aromatic heterocycles. The Kier molecular flexibility index (Phi) is 8.13. The fourth-order valence-corrected chi connectivity index (χ4v) is 2.10. The quantitative estimate of drug-likeness (QED) is 0.275.